The third kappa shape index (κ3) is 2.87. The van der Waals surface area contributed by atoms with Gasteiger partial charge in [-0.25, -0.2) is 9.97 Å². The van der Waals surface area contributed by atoms with Crippen molar-refractivity contribution < 1.29 is 5.11 Å². The number of fused-ring (bicyclic) bond motifs is 1. The van der Waals surface area contributed by atoms with Gasteiger partial charge in [-0.3, -0.25) is 0 Å². The number of hydrogen-bond acceptors (Lipinski definition) is 5. The van der Waals surface area contributed by atoms with Gasteiger partial charge in [0.2, 0.25) is 0 Å². The number of nitrogens with zero attached hydrogens (tertiary/aromatic N) is 3. The topological polar surface area (TPSA) is 75.3 Å². The SMILES string of the molecule is Cc1nc(N2CCC3(CN)CC3C2)c(CO)nc1-c1cccc(Cl)c1Cl. The minimum absolute atomic E-state index is 0.170. The van der Waals surface area contributed by atoms with E-state index in [1.54, 1.807) is 6.07 Å². The fraction of sp³-hybridized carbons (Fsp3) is 0.474. The maximum absolute atomic E-state index is 9.90. The van der Waals surface area contributed by atoms with Crippen LogP contribution in [0.3, 0.4) is 0 Å². The minimum atomic E-state index is -0.170. The molecule has 26 heavy (non-hydrogen) atoms. The summed E-state index contributed by atoms with van der Waals surface area (Å²) in [4.78, 5) is 11.7. The predicted molar refractivity (Wildman–Crippen MR) is 105 cm³/mol. The lowest BCUT2D eigenvalue weighted by atomic mass is 9.95. The highest BCUT2D eigenvalue weighted by Crippen LogP contribution is 2.57. The number of piperidine rings is 1. The van der Waals surface area contributed by atoms with Gasteiger partial charge in [0.15, 0.2) is 5.82 Å². The van der Waals surface area contributed by atoms with Crippen LogP contribution in [-0.2, 0) is 6.61 Å². The molecule has 1 aromatic heterocycles. The Labute approximate surface area is 163 Å². The van der Waals surface area contributed by atoms with Crippen LogP contribution < -0.4 is 10.6 Å². The molecule has 1 aliphatic carbocycles. The van der Waals surface area contributed by atoms with Gasteiger partial charge in [0.05, 0.1) is 28.0 Å². The number of benzene rings is 1. The Morgan fingerprint density at radius 2 is 2.15 bits per heavy atom. The number of nitrogens with two attached hydrogens (primary N) is 1. The average Bonchev–Trinajstić information content (AvgIpc) is 3.38. The molecule has 4 rings (SSSR count). The van der Waals surface area contributed by atoms with Crippen molar-refractivity contribution in [3.63, 3.8) is 0 Å². The standard InChI is InChI=1S/C19H22Cl2N4O/c1-11-17(13-3-2-4-14(20)16(13)21)24-15(9-26)18(23-11)25-6-5-19(10-22)7-12(19)8-25/h2-4,12,26H,5-10,22H2,1H3. The summed E-state index contributed by atoms with van der Waals surface area (Å²) in [6, 6.07) is 5.44. The molecule has 0 bridgehead atoms. The highest BCUT2D eigenvalue weighted by molar-refractivity contribution is 6.43. The van der Waals surface area contributed by atoms with Crippen LogP contribution in [0.4, 0.5) is 5.82 Å². The lowest BCUT2D eigenvalue weighted by Crippen LogP contribution is -2.38. The van der Waals surface area contributed by atoms with Crippen molar-refractivity contribution in [2.24, 2.45) is 17.1 Å². The Morgan fingerprint density at radius 1 is 1.35 bits per heavy atom. The van der Waals surface area contributed by atoms with Crippen LogP contribution >= 0.6 is 23.2 Å². The van der Waals surface area contributed by atoms with Gasteiger partial charge in [0.1, 0.15) is 5.69 Å². The van der Waals surface area contributed by atoms with E-state index >= 15 is 0 Å². The first-order valence-corrected chi connectivity index (χ1v) is 9.62. The molecule has 138 valence electrons. The zero-order valence-electron chi connectivity index (χ0n) is 14.7. The maximum Gasteiger partial charge on any atom is 0.153 e. The van der Waals surface area contributed by atoms with Crippen LogP contribution in [0.25, 0.3) is 11.3 Å². The molecule has 1 saturated heterocycles. The molecule has 1 saturated carbocycles. The van der Waals surface area contributed by atoms with E-state index in [4.69, 9.17) is 38.9 Å². The molecule has 2 fully saturated rings. The maximum atomic E-state index is 9.90. The Kier molecular flexibility index (Phi) is 4.59. The molecule has 0 amide bonds. The molecule has 2 aliphatic rings. The summed E-state index contributed by atoms with van der Waals surface area (Å²) < 4.78 is 0. The Morgan fingerprint density at radius 3 is 2.85 bits per heavy atom. The second kappa shape index (κ2) is 6.64. The first-order chi connectivity index (χ1) is 12.5. The number of aromatic nitrogens is 2. The van der Waals surface area contributed by atoms with Crippen molar-refractivity contribution in [2.75, 3.05) is 24.5 Å². The lowest BCUT2D eigenvalue weighted by Gasteiger charge is -2.33. The molecule has 5 nitrogen and oxygen atoms in total. The molecule has 3 N–H and O–H groups in total. The predicted octanol–water partition coefficient (Wildman–Crippen LogP) is 3.43. The van der Waals surface area contributed by atoms with E-state index in [1.165, 1.54) is 6.42 Å². The zero-order chi connectivity index (χ0) is 18.5. The van der Waals surface area contributed by atoms with E-state index < -0.39 is 0 Å². The number of rotatable bonds is 4. The quantitative estimate of drug-likeness (QED) is 0.833. The highest BCUT2D eigenvalue weighted by atomic mass is 35.5. The third-order valence-corrected chi connectivity index (χ3v) is 6.68. The molecule has 2 aromatic rings. The van der Waals surface area contributed by atoms with Gasteiger partial charge >= 0.3 is 0 Å². The second-order valence-electron chi connectivity index (χ2n) is 7.35. The second-order valence-corrected chi connectivity index (χ2v) is 8.14. The van der Waals surface area contributed by atoms with Gasteiger partial charge in [-0.2, -0.15) is 0 Å². The van der Waals surface area contributed by atoms with Crippen molar-refractivity contribution >= 4 is 29.0 Å². The number of aliphatic hydroxyl groups excluding tert-OH is 1. The van der Waals surface area contributed by atoms with Gasteiger partial charge < -0.3 is 15.7 Å². The van der Waals surface area contributed by atoms with Crippen LogP contribution in [0, 0.1) is 18.3 Å². The molecular formula is C19H22Cl2N4O. The van der Waals surface area contributed by atoms with E-state index in [-0.39, 0.29) is 6.61 Å². The van der Waals surface area contributed by atoms with Crippen LogP contribution in [0.5, 0.6) is 0 Å². The zero-order valence-corrected chi connectivity index (χ0v) is 16.2. The van der Waals surface area contributed by atoms with E-state index in [9.17, 15) is 5.11 Å². The normalized spacial score (nSPS) is 24.5. The van der Waals surface area contributed by atoms with Crippen LogP contribution in [0.2, 0.25) is 10.0 Å². The monoisotopic (exact) mass is 392 g/mol. The fourth-order valence-electron chi connectivity index (χ4n) is 4.10. The number of hydrogen-bond donors (Lipinski definition) is 2. The molecule has 0 spiro atoms. The molecule has 2 atom stereocenters. The van der Waals surface area contributed by atoms with E-state index in [2.05, 4.69) is 4.90 Å². The molecule has 2 heterocycles. The van der Waals surface area contributed by atoms with Crippen LogP contribution in [-0.4, -0.2) is 34.7 Å². The molecule has 7 heteroatoms. The third-order valence-electron chi connectivity index (χ3n) is 5.86. The molecule has 0 radical (unpaired) electrons. The average molecular weight is 393 g/mol. The molecular weight excluding hydrogens is 371 g/mol. The van der Waals surface area contributed by atoms with Gasteiger partial charge in [-0.15, -0.1) is 0 Å². The molecule has 1 aliphatic heterocycles. The van der Waals surface area contributed by atoms with Crippen molar-refractivity contribution in [3.8, 4) is 11.3 Å². The van der Waals surface area contributed by atoms with Gasteiger partial charge in [-0.1, -0.05) is 35.3 Å². The summed E-state index contributed by atoms with van der Waals surface area (Å²) in [6.45, 7) is 4.32. The smallest absolute Gasteiger partial charge is 0.153 e. The van der Waals surface area contributed by atoms with Gasteiger partial charge in [-0.05, 0) is 43.7 Å². The summed E-state index contributed by atoms with van der Waals surface area (Å²) >= 11 is 12.5. The minimum Gasteiger partial charge on any atom is -0.390 e. The van der Waals surface area contributed by atoms with Crippen molar-refractivity contribution in [1.82, 2.24) is 9.97 Å². The summed E-state index contributed by atoms with van der Waals surface area (Å²) in [5.41, 5.74) is 9.01. The van der Waals surface area contributed by atoms with Crippen LogP contribution in [0.15, 0.2) is 18.2 Å². The summed E-state index contributed by atoms with van der Waals surface area (Å²) in [5.74, 6) is 1.39. The van der Waals surface area contributed by atoms with Crippen molar-refractivity contribution in [3.05, 3.63) is 39.6 Å². The number of halogens is 2. The molecule has 1 aromatic carbocycles. The van der Waals surface area contributed by atoms with E-state index in [1.807, 2.05) is 19.1 Å². The Hall–Kier alpha value is -1.40. The van der Waals surface area contributed by atoms with E-state index in [0.29, 0.717) is 32.8 Å². The van der Waals surface area contributed by atoms with Crippen molar-refractivity contribution in [1.29, 1.82) is 0 Å². The Bertz CT molecular complexity index is 860. The summed E-state index contributed by atoms with van der Waals surface area (Å²) in [5, 5.41) is 10.8. The van der Waals surface area contributed by atoms with Gasteiger partial charge in [0.25, 0.3) is 0 Å². The lowest BCUT2D eigenvalue weighted by molar-refractivity contribution is 0.276. The Balaban J connectivity index is 1.70. The van der Waals surface area contributed by atoms with Gasteiger partial charge in [0, 0.05) is 18.7 Å². The number of anilines is 1. The summed E-state index contributed by atoms with van der Waals surface area (Å²) in [6.07, 6.45) is 2.26. The number of aliphatic hydroxyl groups is 1. The van der Waals surface area contributed by atoms with Crippen molar-refractivity contribution in [2.45, 2.75) is 26.4 Å². The number of aryl methyl sites for hydroxylation is 1. The largest absolute Gasteiger partial charge is 0.390 e. The first-order valence-electron chi connectivity index (χ1n) is 8.87. The first kappa shape index (κ1) is 18.0. The molecule has 2 unspecified atom stereocenters. The summed E-state index contributed by atoms with van der Waals surface area (Å²) in [7, 11) is 0. The fourth-order valence-corrected chi connectivity index (χ4v) is 4.49. The highest BCUT2D eigenvalue weighted by Gasteiger charge is 2.55. The van der Waals surface area contributed by atoms with Crippen LogP contribution in [0.1, 0.15) is 24.2 Å². The van der Waals surface area contributed by atoms with E-state index in [0.717, 1.165) is 43.1 Å².